The molecule has 2 atom stereocenters. The third-order valence-electron chi connectivity index (χ3n) is 3.83. The van der Waals surface area contributed by atoms with Crippen LogP contribution in [0.2, 0.25) is 5.02 Å². The molecule has 0 saturated carbocycles. The van der Waals surface area contributed by atoms with Gasteiger partial charge in [0, 0.05) is 25.6 Å². The number of thioether (sulfide) groups is 1. The van der Waals surface area contributed by atoms with Crippen LogP contribution >= 0.6 is 46.0 Å². The third-order valence-corrected chi connectivity index (χ3v) is 5.91. The minimum absolute atomic E-state index is 0.335. The van der Waals surface area contributed by atoms with Crippen LogP contribution in [-0.4, -0.2) is 5.75 Å². The van der Waals surface area contributed by atoms with Gasteiger partial charge in [0.1, 0.15) is 0 Å². The number of benzene rings is 2. The fourth-order valence-electron chi connectivity index (χ4n) is 2.69. The Bertz CT molecular complexity index is 629. The number of halogens is 2. The standard InChI is InChI=1S/C17H17ClINS/c1-11(12-2-5-14(19)6-3-12)20-16-8-9-21-17-7-4-13(18)10-15(16)17/h2-7,10-11,16,20H,8-9H2,1H3. The number of nitrogens with one attached hydrogen (secondary N) is 1. The highest BCUT2D eigenvalue weighted by Gasteiger charge is 2.22. The molecular weight excluding hydrogens is 413 g/mol. The van der Waals surface area contributed by atoms with Gasteiger partial charge in [0.25, 0.3) is 0 Å². The van der Waals surface area contributed by atoms with Crippen molar-refractivity contribution in [3.05, 3.63) is 62.2 Å². The van der Waals surface area contributed by atoms with Crippen molar-refractivity contribution in [1.29, 1.82) is 0 Å². The van der Waals surface area contributed by atoms with Crippen LogP contribution in [-0.2, 0) is 0 Å². The summed E-state index contributed by atoms with van der Waals surface area (Å²) in [4.78, 5) is 1.36. The van der Waals surface area contributed by atoms with Gasteiger partial charge in [-0.05, 0) is 83.1 Å². The molecule has 0 radical (unpaired) electrons. The number of rotatable bonds is 3. The molecule has 0 amide bonds. The number of hydrogen-bond donors (Lipinski definition) is 1. The second-order valence-corrected chi connectivity index (χ2v) is 8.13. The molecule has 0 fully saturated rings. The van der Waals surface area contributed by atoms with Crippen LogP contribution in [0.15, 0.2) is 47.4 Å². The summed E-state index contributed by atoms with van der Waals surface area (Å²) < 4.78 is 1.27. The maximum atomic E-state index is 6.18. The highest BCUT2D eigenvalue weighted by Crippen LogP contribution is 2.38. The Labute approximate surface area is 149 Å². The Morgan fingerprint density at radius 2 is 2.00 bits per heavy atom. The van der Waals surface area contributed by atoms with Crippen molar-refractivity contribution in [1.82, 2.24) is 5.32 Å². The van der Waals surface area contributed by atoms with Crippen molar-refractivity contribution < 1.29 is 0 Å². The van der Waals surface area contributed by atoms with Crippen LogP contribution in [0, 0.1) is 3.57 Å². The quantitative estimate of drug-likeness (QED) is 0.616. The highest BCUT2D eigenvalue weighted by atomic mass is 127. The minimum Gasteiger partial charge on any atom is -0.303 e. The summed E-state index contributed by atoms with van der Waals surface area (Å²) in [5.41, 5.74) is 2.67. The Morgan fingerprint density at radius 1 is 1.24 bits per heavy atom. The molecule has 1 aliphatic rings. The summed E-state index contributed by atoms with van der Waals surface area (Å²) >= 11 is 10.4. The first-order valence-corrected chi connectivity index (χ1v) is 9.51. The Morgan fingerprint density at radius 3 is 2.76 bits per heavy atom. The van der Waals surface area contributed by atoms with Gasteiger partial charge in [0.15, 0.2) is 0 Å². The lowest BCUT2D eigenvalue weighted by Crippen LogP contribution is -2.27. The highest BCUT2D eigenvalue weighted by molar-refractivity contribution is 14.1. The molecular formula is C17H17ClINS. The Balaban J connectivity index is 1.80. The van der Waals surface area contributed by atoms with Crippen molar-refractivity contribution in [2.75, 3.05) is 5.75 Å². The van der Waals surface area contributed by atoms with Crippen LogP contribution in [0.25, 0.3) is 0 Å². The van der Waals surface area contributed by atoms with E-state index in [1.807, 2.05) is 17.8 Å². The van der Waals surface area contributed by atoms with Gasteiger partial charge >= 0.3 is 0 Å². The van der Waals surface area contributed by atoms with Gasteiger partial charge in [-0.3, -0.25) is 0 Å². The van der Waals surface area contributed by atoms with Crippen molar-refractivity contribution in [3.63, 3.8) is 0 Å². The zero-order valence-electron chi connectivity index (χ0n) is 11.8. The Kier molecular flexibility index (Phi) is 5.15. The van der Waals surface area contributed by atoms with Gasteiger partial charge in [-0.25, -0.2) is 0 Å². The molecule has 1 heterocycles. The summed E-state index contributed by atoms with van der Waals surface area (Å²) in [6.45, 7) is 2.23. The summed E-state index contributed by atoms with van der Waals surface area (Å²) in [6, 6.07) is 15.7. The fraction of sp³-hybridized carbons (Fsp3) is 0.294. The van der Waals surface area contributed by atoms with E-state index in [0.717, 1.165) is 17.2 Å². The van der Waals surface area contributed by atoms with Gasteiger partial charge in [0.2, 0.25) is 0 Å². The molecule has 0 aromatic heterocycles. The van der Waals surface area contributed by atoms with Crippen LogP contribution in [0.1, 0.15) is 36.6 Å². The van der Waals surface area contributed by atoms with Crippen LogP contribution < -0.4 is 5.32 Å². The predicted molar refractivity (Wildman–Crippen MR) is 100 cm³/mol. The molecule has 2 unspecified atom stereocenters. The van der Waals surface area contributed by atoms with E-state index in [0.29, 0.717) is 12.1 Å². The third kappa shape index (κ3) is 3.76. The van der Waals surface area contributed by atoms with Crippen LogP contribution in [0.3, 0.4) is 0 Å². The Hall–Kier alpha value is -0.230. The average molecular weight is 430 g/mol. The minimum atomic E-state index is 0.335. The van der Waals surface area contributed by atoms with Gasteiger partial charge in [-0.2, -0.15) is 0 Å². The molecule has 1 aliphatic heterocycles. The van der Waals surface area contributed by atoms with Crippen molar-refractivity contribution in [2.45, 2.75) is 30.3 Å². The van der Waals surface area contributed by atoms with Gasteiger partial charge in [-0.15, -0.1) is 11.8 Å². The zero-order valence-corrected chi connectivity index (χ0v) is 15.5. The van der Waals surface area contributed by atoms with Gasteiger partial charge in [0.05, 0.1) is 0 Å². The lowest BCUT2D eigenvalue weighted by Gasteiger charge is -2.29. The van der Waals surface area contributed by atoms with Gasteiger partial charge < -0.3 is 5.32 Å². The zero-order chi connectivity index (χ0) is 14.8. The van der Waals surface area contributed by atoms with Crippen molar-refractivity contribution >= 4 is 46.0 Å². The first-order valence-electron chi connectivity index (χ1n) is 7.07. The molecule has 0 bridgehead atoms. The number of fused-ring (bicyclic) bond motifs is 1. The van der Waals surface area contributed by atoms with E-state index < -0.39 is 0 Å². The molecule has 1 N–H and O–H groups in total. The summed E-state index contributed by atoms with van der Waals surface area (Å²) in [7, 11) is 0. The summed E-state index contributed by atoms with van der Waals surface area (Å²) in [5.74, 6) is 1.16. The molecule has 0 spiro atoms. The van der Waals surface area contributed by atoms with Gasteiger partial charge in [-0.1, -0.05) is 23.7 Å². The normalized spacial score (nSPS) is 19.1. The van der Waals surface area contributed by atoms with E-state index in [-0.39, 0.29) is 0 Å². The topological polar surface area (TPSA) is 12.0 Å². The maximum absolute atomic E-state index is 6.18. The van der Waals surface area contributed by atoms with E-state index in [1.54, 1.807) is 0 Å². The van der Waals surface area contributed by atoms with E-state index in [1.165, 1.54) is 19.6 Å². The monoisotopic (exact) mass is 429 g/mol. The van der Waals surface area contributed by atoms with Crippen LogP contribution in [0.5, 0.6) is 0 Å². The smallest absolute Gasteiger partial charge is 0.0410 e. The fourth-order valence-corrected chi connectivity index (χ4v) is 4.33. The largest absolute Gasteiger partial charge is 0.303 e. The molecule has 0 saturated heterocycles. The van der Waals surface area contributed by atoms with E-state index in [2.05, 4.69) is 71.2 Å². The molecule has 4 heteroatoms. The second kappa shape index (κ2) is 6.90. The lowest BCUT2D eigenvalue weighted by atomic mass is 10.0. The molecule has 110 valence electrons. The maximum Gasteiger partial charge on any atom is 0.0410 e. The summed E-state index contributed by atoms with van der Waals surface area (Å²) in [6.07, 6.45) is 1.15. The van der Waals surface area contributed by atoms with E-state index in [4.69, 9.17) is 11.6 Å². The average Bonchev–Trinajstić information content (AvgIpc) is 2.48. The molecule has 1 nitrogen and oxygen atoms in total. The molecule has 21 heavy (non-hydrogen) atoms. The number of hydrogen-bond acceptors (Lipinski definition) is 2. The van der Waals surface area contributed by atoms with Crippen LogP contribution in [0.4, 0.5) is 0 Å². The molecule has 0 aliphatic carbocycles. The molecule has 3 rings (SSSR count). The van der Waals surface area contributed by atoms with E-state index in [9.17, 15) is 0 Å². The van der Waals surface area contributed by atoms with Crippen molar-refractivity contribution in [2.24, 2.45) is 0 Å². The van der Waals surface area contributed by atoms with Crippen molar-refractivity contribution in [3.8, 4) is 0 Å². The predicted octanol–water partition coefficient (Wildman–Crippen LogP) is 5.83. The first-order chi connectivity index (χ1) is 10.1. The first kappa shape index (κ1) is 15.7. The molecule has 2 aromatic rings. The SMILES string of the molecule is CC(NC1CCSc2ccc(Cl)cc21)c1ccc(I)cc1. The summed E-state index contributed by atoms with van der Waals surface area (Å²) in [5, 5.41) is 4.59. The lowest BCUT2D eigenvalue weighted by molar-refractivity contribution is 0.450. The molecule has 2 aromatic carbocycles. The van der Waals surface area contributed by atoms with E-state index >= 15 is 0 Å². The second-order valence-electron chi connectivity index (χ2n) is 5.31.